The Labute approximate surface area is 138 Å². The highest BCUT2D eigenvalue weighted by atomic mass is 19.2. The molecule has 0 atom stereocenters. The molecule has 0 bridgehead atoms. The third kappa shape index (κ3) is 3.68. The number of aromatic nitrogens is 2. The Morgan fingerprint density at radius 1 is 1.21 bits per heavy atom. The number of ether oxygens (including phenoxy) is 1. The van der Waals surface area contributed by atoms with Crippen LogP contribution < -0.4 is 16.2 Å². The van der Waals surface area contributed by atoms with Gasteiger partial charge in [0.2, 0.25) is 11.8 Å². The summed E-state index contributed by atoms with van der Waals surface area (Å²) in [6.45, 7) is 2.28. The zero-order chi connectivity index (χ0) is 17.7. The Balaban J connectivity index is 2.45. The van der Waals surface area contributed by atoms with Gasteiger partial charge in [0.15, 0.2) is 11.6 Å². The average Bonchev–Trinajstić information content (AvgIpc) is 2.54. The topological polar surface area (TPSA) is 111 Å². The van der Waals surface area contributed by atoms with Crippen LogP contribution in [0.4, 0.5) is 20.5 Å². The first kappa shape index (κ1) is 17.4. The second-order valence-corrected chi connectivity index (χ2v) is 5.13. The molecule has 0 saturated heterocycles. The van der Waals surface area contributed by atoms with Crippen molar-refractivity contribution < 1.29 is 13.5 Å². The highest BCUT2D eigenvalue weighted by Crippen LogP contribution is 2.31. The Kier molecular flexibility index (Phi) is 5.47. The lowest BCUT2D eigenvalue weighted by Gasteiger charge is -2.11. The fourth-order valence-corrected chi connectivity index (χ4v) is 2.15. The molecular formula is C16H17F2N5O. The molecule has 0 amide bonds. The van der Waals surface area contributed by atoms with Crippen LogP contribution in [0, 0.1) is 23.0 Å². The van der Waals surface area contributed by atoms with E-state index in [1.54, 1.807) is 0 Å². The van der Waals surface area contributed by atoms with Crippen LogP contribution in [0.15, 0.2) is 12.1 Å². The van der Waals surface area contributed by atoms with Crippen molar-refractivity contribution in [1.82, 2.24) is 9.97 Å². The molecule has 6 nitrogen and oxygen atoms in total. The normalized spacial score (nSPS) is 10.4. The fraction of sp³-hybridized carbons (Fsp3) is 0.312. The number of benzene rings is 1. The van der Waals surface area contributed by atoms with Crippen LogP contribution in [0.2, 0.25) is 0 Å². The Hall–Kier alpha value is -2.95. The number of rotatable bonds is 6. The first-order valence-electron chi connectivity index (χ1n) is 7.43. The first-order chi connectivity index (χ1) is 11.5. The van der Waals surface area contributed by atoms with E-state index in [0.29, 0.717) is 0 Å². The number of nitrogens with two attached hydrogens (primary N) is 2. The maximum atomic E-state index is 13.9. The van der Waals surface area contributed by atoms with E-state index in [-0.39, 0.29) is 40.9 Å². The first-order valence-corrected chi connectivity index (χ1v) is 7.43. The number of unbranched alkanes of at least 4 members (excludes halogenated alkanes) is 2. The number of hydrogen-bond acceptors (Lipinski definition) is 6. The molecule has 2 rings (SSSR count). The van der Waals surface area contributed by atoms with E-state index in [2.05, 4.69) is 9.97 Å². The van der Waals surface area contributed by atoms with Crippen molar-refractivity contribution in [2.75, 3.05) is 18.1 Å². The molecule has 0 aliphatic carbocycles. The number of halogens is 2. The monoisotopic (exact) mass is 333 g/mol. The lowest BCUT2D eigenvalue weighted by Crippen LogP contribution is -2.06. The van der Waals surface area contributed by atoms with Gasteiger partial charge in [-0.25, -0.2) is 9.37 Å². The summed E-state index contributed by atoms with van der Waals surface area (Å²) in [6, 6.07) is 4.02. The molecule has 0 aliphatic heterocycles. The molecule has 0 fully saturated rings. The lowest BCUT2D eigenvalue weighted by molar-refractivity contribution is 0.286. The predicted octanol–water partition coefficient (Wildman–Crippen LogP) is 3.03. The van der Waals surface area contributed by atoms with Gasteiger partial charge in [-0.1, -0.05) is 19.8 Å². The van der Waals surface area contributed by atoms with Crippen molar-refractivity contribution in [1.29, 1.82) is 5.26 Å². The molecule has 0 saturated carbocycles. The Morgan fingerprint density at radius 2 is 1.96 bits per heavy atom. The largest absolute Gasteiger partial charge is 0.490 e. The minimum Gasteiger partial charge on any atom is -0.490 e. The lowest BCUT2D eigenvalue weighted by atomic mass is 10.1. The summed E-state index contributed by atoms with van der Waals surface area (Å²) in [6.07, 6.45) is 2.62. The van der Waals surface area contributed by atoms with Crippen LogP contribution in [0.25, 0.3) is 11.3 Å². The van der Waals surface area contributed by atoms with E-state index < -0.39 is 11.6 Å². The van der Waals surface area contributed by atoms with Gasteiger partial charge in [0.05, 0.1) is 12.3 Å². The second kappa shape index (κ2) is 7.55. The van der Waals surface area contributed by atoms with Crippen LogP contribution in [-0.2, 0) is 0 Å². The molecule has 24 heavy (non-hydrogen) atoms. The van der Waals surface area contributed by atoms with Crippen LogP contribution in [0.1, 0.15) is 31.7 Å². The van der Waals surface area contributed by atoms with E-state index in [4.69, 9.17) is 16.2 Å². The van der Waals surface area contributed by atoms with Crippen molar-refractivity contribution in [3.05, 3.63) is 29.3 Å². The minimum absolute atomic E-state index is 0.0276. The number of nitriles is 1. The maximum Gasteiger partial charge on any atom is 0.222 e. The highest BCUT2D eigenvalue weighted by molar-refractivity contribution is 5.74. The van der Waals surface area contributed by atoms with E-state index in [0.717, 1.165) is 25.3 Å². The third-order valence-corrected chi connectivity index (χ3v) is 3.34. The minimum atomic E-state index is -1.11. The van der Waals surface area contributed by atoms with Gasteiger partial charge >= 0.3 is 0 Å². The molecule has 1 aromatic heterocycles. The van der Waals surface area contributed by atoms with Crippen LogP contribution in [0.3, 0.4) is 0 Å². The molecule has 4 N–H and O–H groups in total. The quantitative estimate of drug-likeness (QED) is 0.786. The number of nitrogens with zero attached hydrogens (tertiary/aromatic N) is 3. The molecule has 8 heteroatoms. The molecule has 126 valence electrons. The molecular weight excluding hydrogens is 316 g/mol. The molecule has 0 radical (unpaired) electrons. The van der Waals surface area contributed by atoms with E-state index in [1.807, 2.05) is 13.0 Å². The summed E-state index contributed by atoms with van der Waals surface area (Å²) in [7, 11) is 0. The van der Waals surface area contributed by atoms with Crippen molar-refractivity contribution in [3.8, 4) is 23.1 Å². The van der Waals surface area contributed by atoms with Crippen molar-refractivity contribution in [3.63, 3.8) is 0 Å². The van der Waals surface area contributed by atoms with Crippen molar-refractivity contribution >= 4 is 11.8 Å². The smallest absolute Gasteiger partial charge is 0.222 e. The van der Waals surface area contributed by atoms with Gasteiger partial charge in [-0.15, -0.1) is 0 Å². The van der Waals surface area contributed by atoms with Gasteiger partial charge in [0.25, 0.3) is 0 Å². The summed E-state index contributed by atoms with van der Waals surface area (Å²) in [5.41, 5.74) is 11.3. The molecule has 1 aromatic carbocycles. The van der Waals surface area contributed by atoms with Gasteiger partial charge in [-0.3, -0.25) is 0 Å². The highest BCUT2D eigenvalue weighted by Gasteiger charge is 2.18. The standard InChI is InChI=1S/C16H17F2N5O/c1-2-3-4-5-24-12-7-9(6-11(17)13(12)18)14-10(8-19)15(20)23-16(21)22-14/h6-7H,2-5H2,1H3,(H4,20,21,22,23). The van der Waals surface area contributed by atoms with Gasteiger partial charge in [-0.05, 0) is 18.6 Å². The average molecular weight is 333 g/mol. The summed E-state index contributed by atoms with van der Waals surface area (Å²) >= 11 is 0. The summed E-state index contributed by atoms with van der Waals surface area (Å²) in [4.78, 5) is 7.60. The summed E-state index contributed by atoms with van der Waals surface area (Å²) in [5.74, 6) is -2.76. The molecule has 0 aliphatic rings. The molecule has 1 heterocycles. The fourth-order valence-electron chi connectivity index (χ4n) is 2.15. The van der Waals surface area contributed by atoms with Crippen LogP contribution in [0.5, 0.6) is 5.75 Å². The summed E-state index contributed by atoms with van der Waals surface area (Å²) in [5, 5.41) is 9.20. The number of hydrogen-bond donors (Lipinski definition) is 2. The summed E-state index contributed by atoms with van der Waals surface area (Å²) < 4.78 is 33.1. The van der Waals surface area contributed by atoms with E-state index in [1.165, 1.54) is 6.07 Å². The second-order valence-electron chi connectivity index (χ2n) is 5.13. The zero-order valence-corrected chi connectivity index (χ0v) is 13.1. The van der Waals surface area contributed by atoms with Gasteiger partial charge < -0.3 is 16.2 Å². The van der Waals surface area contributed by atoms with E-state index >= 15 is 0 Å². The predicted molar refractivity (Wildman–Crippen MR) is 85.9 cm³/mol. The molecule has 2 aromatic rings. The third-order valence-electron chi connectivity index (χ3n) is 3.34. The maximum absolute atomic E-state index is 13.9. The van der Waals surface area contributed by atoms with Crippen LogP contribution >= 0.6 is 0 Å². The molecule has 0 unspecified atom stereocenters. The number of anilines is 2. The van der Waals surface area contributed by atoms with Crippen molar-refractivity contribution in [2.24, 2.45) is 0 Å². The van der Waals surface area contributed by atoms with Crippen molar-refractivity contribution in [2.45, 2.75) is 26.2 Å². The molecule has 0 spiro atoms. The van der Waals surface area contributed by atoms with Gasteiger partial charge in [-0.2, -0.15) is 14.6 Å². The Morgan fingerprint density at radius 3 is 2.62 bits per heavy atom. The van der Waals surface area contributed by atoms with Gasteiger partial charge in [0.1, 0.15) is 17.5 Å². The van der Waals surface area contributed by atoms with Gasteiger partial charge in [0, 0.05) is 5.56 Å². The SMILES string of the molecule is CCCCCOc1cc(-c2nc(N)nc(N)c2C#N)cc(F)c1F. The number of nitrogen functional groups attached to an aromatic ring is 2. The van der Waals surface area contributed by atoms with Crippen LogP contribution in [-0.4, -0.2) is 16.6 Å². The zero-order valence-electron chi connectivity index (χ0n) is 13.1. The van der Waals surface area contributed by atoms with E-state index in [9.17, 15) is 14.0 Å². The Bertz CT molecular complexity index is 789.